The van der Waals surface area contributed by atoms with Crippen LogP contribution in [0.15, 0.2) is 4.52 Å². The molecule has 6 heteroatoms. The van der Waals surface area contributed by atoms with Crippen LogP contribution in [0.5, 0.6) is 0 Å². The second kappa shape index (κ2) is 6.92. The molecule has 0 aliphatic rings. The molecule has 0 radical (unpaired) electrons. The van der Waals surface area contributed by atoms with Crippen LogP contribution in [0.4, 0.5) is 0 Å². The van der Waals surface area contributed by atoms with Crippen LogP contribution >= 0.6 is 0 Å². The van der Waals surface area contributed by atoms with E-state index in [0.29, 0.717) is 11.5 Å². The van der Waals surface area contributed by atoms with Gasteiger partial charge >= 0.3 is 5.97 Å². The summed E-state index contributed by atoms with van der Waals surface area (Å²) >= 11 is 0. The van der Waals surface area contributed by atoms with Crippen molar-refractivity contribution >= 4 is 11.9 Å². The molecular formula is C13H20N2O4. The van der Waals surface area contributed by atoms with Gasteiger partial charge in [0.15, 0.2) is 6.61 Å². The lowest BCUT2D eigenvalue weighted by molar-refractivity contribution is -0.124. The summed E-state index contributed by atoms with van der Waals surface area (Å²) in [6.45, 7) is 6.94. The van der Waals surface area contributed by atoms with Crippen molar-refractivity contribution in [2.24, 2.45) is 0 Å². The van der Waals surface area contributed by atoms with Crippen LogP contribution in [0.1, 0.15) is 48.5 Å². The molecule has 1 aromatic rings. The van der Waals surface area contributed by atoms with E-state index >= 15 is 0 Å². The van der Waals surface area contributed by atoms with Crippen LogP contribution in [0, 0.1) is 13.8 Å². The van der Waals surface area contributed by atoms with Crippen molar-refractivity contribution < 1.29 is 18.8 Å². The highest BCUT2D eigenvalue weighted by Gasteiger charge is 2.20. The Hall–Kier alpha value is -1.85. The van der Waals surface area contributed by atoms with E-state index in [2.05, 4.69) is 10.5 Å². The number of nitrogens with one attached hydrogen (secondary N) is 1. The summed E-state index contributed by atoms with van der Waals surface area (Å²) in [4.78, 5) is 23.3. The summed E-state index contributed by atoms with van der Waals surface area (Å²) in [5.41, 5.74) is 0.747. The van der Waals surface area contributed by atoms with E-state index in [9.17, 15) is 9.59 Å². The largest absolute Gasteiger partial charge is 0.452 e. The Morgan fingerprint density at radius 2 is 2.11 bits per heavy atom. The monoisotopic (exact) mass is 268 g/mol. The zero-order valence-electron chi connectivity index (χ0n) is 11.8. The smallest absolute Gasteiger partial charge is 0.344 e. The number of rotatable bonds is 6. The molecular weight excluding hydrogens is 248 g/mol. The third-order valence-electron chi connectivity index (χ3n) is 2.70. The highest BCUT2D eigenvalue weighted by atomic mass is 16.5. The maximum Gasteiger partial charge on any atom is 0.344 e. The second-order valence-corrected chi connectivity index (χ2v) is 4.53. The number of aromatic nitrogens is 1. The summed E-state index contributed by atoms with van der Waals surface area (Å²) in [5.74, 6) is -0.502. The van der Waals surface area contributed by atoms with E-state index in [4.69, 9.17) is 9.26 Å². The molecule has 106 valence electrons. The lowest BCUT2D eigenvalue weighted by Crippen LogP contribution is -2.35. The number of hydrogen-bond donors (Lipinski definition) is 1. The van der Waals surface area contributed by atoms with Crippen molar-refractivity contribution in [1.29, 1.82) is 0 Å². The van der Waals surface area contributed by atoms with Gasteiger partial charge in [-0.25, -0.2) is 4.79 Å². The van der Waals surface area contributed by atoms with Crippen molar-refractivity contribution in [3.05, 3.63) is 17.0 Å². The van der Waals surface area contributed by atoms with Gasteiger partial charge in [0.1, 0.15) is 11.3 Å². The third kappa shape index (κ3) is 4.39. The summed E-state index contributed by atoms with van der Waals surface area (Å²) < 4.78 is 9.81. The highest BCUT2D eigenvalue weighted by molar-refractivity contribution is 5.93. The van der Waals surface area contributed by atoms with Crippen LogP contribution in [0.25, 0.3) is 0 Å². The number of esters is 1. The Morgan fingerprint density at radius 3 is 2.63 bits per heavy atom. The standard InChI is InChI=1S/C13H20N2O4/c1-5-6-8(2)14-11(16)7-18-13(17)12-9(3)15-19-10(12)4/h8H,5-7H2,1-4H3,(H,14,16)/t8-/m0/s1. The van der Waals surface area contributed by atoms with Gasteiger partial charge in [0, 0.05) is 6.04 Å². The molecule has 1 aromatic heterocycles. The molecule has 0 aromatic carbocycles. The normalized spacial score (nSPS) is 12.0. The molecule has 1 amide bonds. The second-order valence-electron chi connectivity index (χ2n) is 4.53. The Bertz CT molecular complexity index is 434. The van der Waals surface area contributed by atoms with Crippen LogP contribution in [-0.2, 0) is 9.53 Å². The number of carbonyl (C=O) groups excluding carboxylic acids is 2. The summed E-state index contributed by atoms with van der Waals surface area (Å²) in [7, 11) is 0. The molecule has 1 atom stereocenters. The van der Waals surface area contributed by atoms with E-state index in [-0.39, 0.29) is 24.1 Å². The zero-order chi connectivity index (χ0) is 14.4. The number of amides is 1. The Balaban J connectivity index is 2.45. The molecule has 0 fully saturated rings. The zero-order valence-corrected chi connectivity index (χ0v) is 11.8. The quantitative estimate of drug-likeness (QED) is 0.795. The molecule has 6 nitrogen and oxygen atoms in total. The molecule has 1 N–H and O–H groups in total. The van der Waals surface area contributed by atoms with Crippen LogP contribution in [0.2, 0.25) is 0 Å². The van der Waals surface area contributed by atoms with Crippen molar-refractivity contribution in [2.45, 2.75) is 46.6 Å². The Kier molecular flexibility index (Phi) is 5.54. The molecule has 0 aliphatic carbocycles. The van der Waals surface area contributed by atoms with Crippen LogP contribution in [0.3, 0.4) is 0 Å². The molecule has 0 spiro atoms. The molecule has 1 heterocycles. The topological polar surface area (TPSA) is 81.4 Å². The Labute approximate surface area is 112 Å². The van der Waals surface area contributed by atoms with E-state index in [0.717, 1.165) is 12.8 Å². The molecule has 0 saturated carbocycles. The van der Waals surface area contributed by atoms with Crippen molar-refractivity contribution in [2.75, 3.05) is 6.61 Å². The van der Waals surface area contributed by atoms with Gasteiger partial charge in [-0.1, -0.05) is 18.5 Å². The van der Waals surface area contributed by atoms with Crippen LogP contribution in [-0.4, -0.2) is 29.7 Å². The molecule has 19 heavy (non-hydrogen) atoms. The van der Waals surface area contributed by atoms with Crippen LogP contribution < -0.4 is 5.32 Å². The van der Waals surface area contributed by atoms with Crippen molar-refractivity contribution in [3.63, 3.8) is 0 Å². The van der Waals surface area contributed by atoms with Gasteiger partial charge in [0.2, 0.25) is 0 Å². The fraction of sp³-hybridized carbons (Fsp3) is 0.615. The molecule has 1 rings (SSSR count). The van der Waals surface area contributed by atoms with E-state index < -0.39 is 5.97 Å². The molecule has 0 bridgehead atoms. The van der Waals surface area contributed by atoms with Gasteiger partial charge in [0.05, 0.1) is 5.69 Å². The summed E-state index contributed by atoms with van der Waals surface area (Å²) in [6.07, 6.45) is 1.88. The highest BCUT2D eigenvalue weighted by Crippen LogP contribution is 2.13. The number of carbonyl (C=O) groups is 2. The maximum atomic E-state index is 11.8. The fourth-order valence-corrected chi connectivity index (χ4v) is 1.80. The van der Waals surface area contributed by atoms with Gasteiger partial charge < -0.3 is 14.6 Å². The first-order chi connectivity index (χ1) is 8.95. The first kappa shape index (κ1) is 15.2. The first-order valence-corrected chi connectivity index (χ1v) is 6.35. The average Bonchev–Trinajstić information content (AvgIpc) is 2.66. The van der Waals surface area contributed by atoms with Gasteiger partial charge in [-0.05, 0) is 27.2 Å². The maximum absolute atomic E-state index is 11.8. The van der Waals surface area contributed by atoms with E-state index in [1.54, 1.807) is 13.8 Å². The fourth-order valence-electron chi connectivity index (χ4n) is 1.80. The first-order valence-electron chi connectivity index (χ1n) is 6.35. The van der Waals surface area contributed by atoms with Crippen molar-refractivity contribution in [3.8, 4) is 0 Å². The SMILES string of the molecule is CCC[C@H](C)NC(=O)COC(=O)c1c(C)noc1C. The molecule has 0 unspecified atom stereocenters. The minimum atomic E-state index is -0.588. The van der Waals surface area contributed by atoms with Gasteiger partial charge in [-0.15, -0.1) is 0 Å². The van der Waals surface area contributed by atoms with Gasteiger partial charge in [0.25, 0.3) is 5.91 Å². The summed E-state index contributed by atoms with van der Waals surface area (Å²) in [5, 5.41) is 6.42. The van der Waals surface area contributed by atoms with E-state index in [1.165, 1.54) is 0 Å². The molecule has 0 saturated heterocycles. The average molecular weight is 268 g/mol. The number of nitrogens with zero attached hydrogens (tertiary/aromatic N) is 1. The predicted octanol–water partition coefficient (Wildman–Crippen LogP) is 1.75. The van der Waals surface area contributed by atoms with Gasteiger partial charge in [-0.3, -0.25) is 4.79 Å². The minimum Gasteiger partial charge on any atom is -0.452 e. The minimum absolute atomic E-state index is 0.0790. The molecule has 0 aliphatic heterocycles. The lowest BCUT2D eigenvalue weighted by Gasteiger charge is -2.12. The Morgan fingerprint density at radius 1 is 1.42 bits per heavy atom. The summed E-state index contributed by atoms with van der Waals surface area (Å²) in [6, 6.07) is 0.0790. The van der Waals surface area contributed by atoms with E-state index in [1.807, 2.05) is 13.8 Å². The van der Waals surface area contributed by atoms with Crippen molar-refractivity contribution in [1.82, 2.24) is 10.5 Å². The predicted molar refractivity (Wildman–Crippen MR) is 68.8 cm³/mol. The lowest BCUT2D eigenvalue weighted by atomic mass is 10.2. The third-order valence-corrected chi connectivity index (χ3v) is 2.70. The van der Waals surface area contributed by atoms with Gasteiger partial charge in [-0.2, -0.15) is 0 Å². The number of hydrogen-bond acceptors (Lipinski definition) is 5. The number of aryl methyl sites for hydroxylation is 2. The number of ether oxygens (including phenoxy) is 1.